The molecular weight excluding hydrogens is 372 g/mol. The van der Waals surface area contributed by atoms with E-state index in [-0.39, 0.29) is 0 Å². The molecule has 0 radical (unpaired) electrons. The predicted molar refractivity (Wildman–Crippen MR) is 106 cm³/mol. The summed E-state index contributed by atoms with van der Waals surface area (Å²) in [6.07, 6.45) is 3.65. The number of urea groups is 1. The highest BCUT2D eigenvalue weighted by molar-refractivity contribution is 7.16. The second kappa shape index (κ2) is 8.46. The summed E-state index contributed by atoms with van der Waals surface area (Å²) in [6, 6.07) is 14.2. The molecular formula is C18H15ClN4O2S. The number of hydrogen-bond acceptors (Lipinski definition) is 5. The number of amides is 2. The van der Waals surface area contributed by atoms with Crippen molar-refractivity contribution in [1.82, 2.24) is 10.2 Å². The summed E-state index contributed by atoms with van der Waals surface area (Å²) in [5, 5.41) is 15.0. The molecule has 8 heteroatoms. The van der Waals surface area contributed by atoms with Gasteiger partial charge in [-0.25, -0.2) is 4.79 Å². The van der Waals surface area contributed by atoms with E-state index in [9.17, 15) is 4.79 Å². The largest absolute Gasteiger partial charge is 0.497 e. The van der Waals surface area contributed by atoms with Gasteiger partial charge in [0.2, 0.25) is 5.13 Å². The van der Waals surface area contributed by atoms with Gasteiger partial charge in [-0.15, -0.1) is 10.2 Å². The number of rotatable bonds is 5. The molecule has 0 spiro atoms. The molecule has 0 unspecified atom stereocenters. The molecule has 2 amide bonds. The zero-order chi connectivity index (χ0) is 18.4. The summed E-state index contributed by atoms with van der Waals surface area (Å²) in [5.41, 5.74) is 1.50. The first-order valence-corrected chi connectivity index (χ1v) is 8.81. The van der Waals surface area contributed by atoms with E-state index in [1.165, 1.54) is 11.3 Å². The van der Waals surface area contributed by atoms with Crippen molar-refractivity contribution < 1.29 is 9.53 Å². The van der Waals surface area contributed by atoms with E-state index in [0.29, 0.717) is 26.6 Å². The highest BCUT2D eigenvalue weighted by atomic mass is 35.5. The van der Waals surface area contributed by atoms with Gasteiger partial charge in [-0.3, -0.25) is 5.32 Å². The van der Waals surface area contributed by atoms with Gasteiger partial charge in [0, 0.05) is 16.8 Å². The molecule has 2 N–H and O–H groups in total. The number of ether oxygens (including phenoxy) is 1. The van der Waals surface area contributed by atoms with Crippen LogP contribution in [-0.4, -0.2) is 23.3 Å². The fraction of sp³-hybridized carbons (Fsp3) is 0.0556. The molecule has 6 nitrogen and oxygen atoms in total. The summed E-state index contributed by atoms with van der Waals surface area (Å²) in [6.45, 7) is 0. The zero-order valence-corrected chi connectivity index (χ0v) is 15.3. The summed E-state index contributed by atoms with van der Waals surface area (Å²) in [7, 11) is 1.57. The van der Waals surface area contributed by atoms with E-state index in [4.69, 9.17) is 16.3 Å². The summed E-state index contributed by atoms with van der Waals surface area (Å²) < 4.78 is 5.12. The number of halogens is 1. The van der Waals surface area contributed by atoms with Gasteiger partial charge in [-0.2, -0.15) is 0 Å². The predicted octanol–water partition coefficient (Wildman–Crippen LogP) is 5.01. The minimum absolute atomic E-state index is 0.393. The summed E-state index contributed by atoms with van der Waals surface area (Å²) >= 11 is 7.36. The molecule has 0 bridgehead atoms. The molecule has 1 heterocycles. The topological polar surface area (TPSA) is 76.1 Å². The van der Waals surface area contributed by atoms with Crippen LogP contribution in [0.25, 0.3) is 12.2 Å². The molecule has 2 aromatic carbocycles. The monoisotopic (exact) mass is 386 g/mol. The van der Waals surface area contributed by atoms with Crippen LogP contribution in [-0.2, 0) is 0 Å². The number of nitrogens with one attached hydrogen (secondary N) is 2. The molecule has 3 rings (SSSR count). The van der Waals surface area contributed by atoms with Crippen molar-refractivity contribution in [2.75, 3.05) is 17.7 Å². The third kappa shape index (κ3) is 4.81. The number of anilines is 2. The quantitative estimate of drug-likeness (QED) is 0.645. The zero-order valence-electron chi connectivity index (χ0n) is 13.8. The maximum Gasteiger partial charge on any atom is 0.325 e. The Bertz CT molecular complexity index is 942. The number of nitrogens with zero attached hydrogens (tertiary/aromatic N) is 2. The van der Waals surface area contributed by atoms with Crippen molar-refractivity contribution in [2.24, 2.45) is 0 Å². The lowest BCUT2D eigenvalue weighted by atomic mass is 10.2. The van der Waals surface area contributed by atoms with Crippen LogP contribution in [0.15, 0.2) is 48.5 Å². The lowest BCUT2D eigenvalue weighted by Crippen LogP contribution is -2.19. The fourth-order valence-corrected chi connectivity index (χ4v) is 2.92. The molecule has 26 heavy (non-hydrogen) atoms. The number of hydrogen-bond donors (Lipinski definition) is 2. The normalized spacial score (nSPS) is 10.7. The van der Waals surface area contributed by atoms with Gasteiger partial charge >= 0.3 is 6.03 Å². The first-order valence-electron chi connectivity index (χ1n) is 7.62. The van der Waals surface area contributed by atoms with Crippen LogP contribution in [0.5, 0.6) is 5.75 Å². The lowest BCUT2D eigenvalue weighted by molar-refractivity contribution is 0.262. The smallest absolute Gasteiger partial charge is 0.325 e. The Kier molecular flexibility index (Phi) is 5.83. The molecule has 0 aliphatic rings. The molecule has 1 aromatic heterocycles. The highest BCUT2D eigenvalue weighted by Gasteiger charge is 2.07. The number of methoxy groups -OCH3 is 1. The fourth-order valence-electron chi connectivity index (χ4n) is 2.08. The van der Waals surface area contributed by atoms with Crippen LogP contribution >= 0.6 is 22.9 Å². The third-order valence-electron chi connectivity index (χ3n) is 3.30. The van der Waals surface area contributed by atoms with E-state index in [1.54, 1.807) is 37.5 Å². The number of aromatic nitrogens is 2. The molecule has 0 atom stereocenters. The van der Waals surface area contributed by atoms with Crippen LogP contribution in [0, 0.1) is 0 Å². The van der Waals surface area contributed by atoms with E-state index in [0.717, 1.165) is 5.56 Å². The average molecular weight is 387 g/mol. The molecule has 0 aliphatic carbocycles. The summed E-state index contributed by atoms with van der Waals surface area (Å²) in [4.78, 5) is 12.1. The van der Waals surface area contributed by atoms with Crippen molar-refractivity contribution in [3.05, 3.63) is 64.1 Å². The molecule has 0 saturated heterocycles. The first kappa shape index (κ1) is 17.9. The van der Waals surface area contributed by atoms with Crippen molar-refractivity contribution in [2.45, 2.75) is 0 Å². The van der Waals surface area contributed by atoms with Crippen LogP contribution in [0.4, 0.5) is 15.6 Å². The van der Waals surface area contributed by atoms with Crippen molar-refractivity contribution in [3.8, 4) is 5.75 Å². The Hall–Kier alpha value is -2.90. The van der Waals surface area contributed by atoms with Gasteiger partial charge in [0.15, 0.2) is 0 Å². The third-order valence-corrected chi connectivity index (χ3v) is 4.45. The molecule has 0 aliphatic heterocycles. The van der Waals surface area contributed by atoms with Crippen LogP contribution in [0.2, 0.25) is 5.02 Å². The number of carbonyl (C=O) groups is 1. The number of carbonyl (C=O) groups excluding carboxylic acids is 1. The Labute approximate surface area is 159 Å². The van der Waals surface area contributed by atoms with Crippen LogP contribution < -0.4 is 15.4 Å². The Morgan fingerprint density at radius 2 is 1.96 bits per heavy atom. The van der Waals surface area contributed by atoms with Crippen molar-refractivity contribution in [1.29, 1.82) is 0 Å². The van der Waals surface area contributed by atoms with E-state index >= 15 is 0 Å². The van der Waals surface area contributed by atoms with Crippen molar-refractivity contribution >= 4 is 51.9 Å². The lowest BCUT2D eigenvalue weighted by Gasteiger charge is -2.06. The SMILES string of the molecule is COc1cccc(NC(=O)Nc2nnc(C=Cc3ccccc3Cl)s2)c1. The van der Waals surface area contributed by atoms with Gasteiger partial charge in [-0.05, 0) is 29.8 Å². The van der Waals surface area contributed by atoms with Gasteiger partial charge in [0.05, 0.1) is 7.11 Å². The second-order valence-electron chi connectivity index (χ2n) is 5.11. The van der Waals surface area contributed by atoms with Gasteiger partial charge in [-0.1, -0.05) is 53.3 Å². The van der Waals surface area contributed by atoms with E-state index < -0.39 is 6.03 Å². The van der Waals surface area contributed by atoms with Gasteiger partial charge in [0.1, 0.15) is 10.8 Å². The minimum Gasteiger partial charge on any atom is -0.497 e. The Balaban J connectivity index is 1.61. The van der Waals surface area contributed by atoms with E-state index in [2.05, 4.69) is 20.8 Å². The average Bonchev–Trinajstić information content (AvgIpc) is 3.08. The minimum atomic E-state index is -0.406. The number of benzene rings is 2. The van der Waals surface area contributed by atoms with Crippen molar-refractivity contribution in [3.63, 3.8) is 0 Å². The standard InChI is InChI=1S/C18H15ClN4O2S/c1-25-14-7-4-6-13(11-14)20-17(24)21-18-23-22-16(26-18)10-9-12-5-2-3-8-15(12)19/h2-11H,1H3,(H2,20,21,23,24). The highest BCUT2D eigenvalue weighted by Crippen LogP contribution is 2.21. The maximum atomic E-state index is 12.1. The molecule has 3 aromatic rings. The molecule has 0 fully saturated rings. The Morgan fingerprint density at radius 1 is 1.12 bits per heavy atom. The first-order chi connectivity index (χ1) is 12.6. The van der Waals surface area contributed by atoms with E-state index in [1.807, 2.05) is 30.3 Å². The summed E-state index contributed by atoms with van der Waals surface area (Å²) in [5.74, 6) is 0.658. The van der Waals surface area contributed by atoms with Gasteiger partial charge < -0.3 is 10.1 Å². The molecule has 132 valence electrons. The van der Waals surface area contributed by atoms with Gasteiger partial charge in [0.25, 0.3) is 0 Å². The maximum absolute atomic E-state index is 12.1. The van der Waals surface area contributed by atoms with Crippen LogP contribution in [0.1, 0.15) is 10.6 Å². The van der Waals surface area contributed by atoms with Crippen LogP contribution in [0.3, 0.4) is 0 Å². The molecule has 0 saturated carbocycles. The Morgan fingerprint density at radius 3 is 2.77 bits per heavy atom. The second-order valence-corrected chi connectivity index (χ2v) is 6.53.